The van der Waals surface area contributed by atoms with Crippen LogP contribution in [0.15, 0.2) is 103 Å². The molecule has 5 aromatic rings. The van der Waals surface area contributed by atoms with Gasteiger partial charge in [-0.2, -0.15) is 8.78 Å². The van der Waals surface area contributed by atoms with E-state index in [1.807, 2.05) is 24.3 Å². The molecule has 244 valence electrons. The van der Waals surface area contributed by atoms with E-state index in [2.05, 4.69) is 11.7 Å². The highest BCUT2D eigenvalue weighted by molar-refractivity contribution is 5.72. The summed E-state index contributed by atoms with van der Waals surface area (Å²) in [5, 5.41) is 0. The number of hydrogen-bond donors (Lipinski definition) is 0. The number of aryl methyl sites for hydroxylation is 1. The number of alkyl halides is 5. The van der Waals surface area contributed by atoms with Gasteiger partial charge >= 0.3 is 12.5 Å². The Morgan fingerprint density at radius 2 is 1.06 bits per heavy atom. The van der Waals surface area contributed by atoms with Crippen molar-refractivity contribution in [2.75, 3.05) is 0 Å². The summed E-state index contributed by atoms with van der Waals surface area (Å²) < 4.78 is 121. The molecule has 5 aromatic carbocycles. The molecule has 0 fully saturated rings. The van der Waals surface area contributed by atoms with E-state index < -0.39 is 47.0 Å². The largest absolute Gasteiger partial charge is 0.573 e. The Hall–Kier alpha value is -4.86. The first-order valence-corrected chi connectivity index (χ1v) is 14.7. The quantitative estimate of drug-likeness (QED) is 0.104. The third kappa shape index (κ3) is 8.30. The second-order valence-corrected chi connectivity index (χ2v) is 10.9. The summed E-state index contributed by atoms with van der Waals surface area (Å²) in [7, 11) is 0. The van der Waals surface area contributed by atoms with Crippen LogP contribution in [-0.4, -0.2) is 6.36 Å². The molecule has 0 N–H and O–H groups in total. The van der Waals surface area contributed by atoms with Crippen molar-refractivity contribution in [3.63, 3.8) is 0 Å². The van der Waals surface area contributed by atoms with E-state index in [9.17, 15) is 22.0 Å². The molecular weight excluding hydrogens is 628 g/mol. The molecule has 5 rings (SSSR count). The van der Waals surface area contributed by atoms with E-state index in [4.69, 9.17) is 4.74 Å². The van der Waals surface area contributed by atoms with Crippen molar-refractivity contribution in [2.24, 2.45) is 0 Å². The lowest BCUT2D eigenvalue weighted by molar-refractivity contribution is -0.274. The fourth-order valence-corrected chi connectivity index (χ4v) is 5.12. The third-order valence-electron chi connectivity index (χ3n) is 7.50. The minimum atomic E-state index is -4.88. The number of hydrogen-bond acceptors (Lipinski definition) is 2. The number of benzene rings is 5. The smallest absolute Gasteiger partial charge is 0.429 e. The summed E-state index contributed by atoms with van der Waals surface area (Å²) in [5.74, 6) is -4.08. The van der Waals surface area contributed by atoms with Gasteiger partial charge in [-0.15, -0.1) is 13.2 Å². The van der Waals surface area contributed by atoms with Crippen LogP contribution in [0.1, 0.15) is 37.3 Å². The molecule has 0 aliphatic carbocycles. The summed E-state index contributed by atoms with van der Waals surface area (Å²) in [6.07, 6.45) is -4.83. The van der Waals surface area contributed by atoms with Crippen molar-refractivity contribution in [1.82, 2.24) is 0 Å². The number of unbranched alkanes of at least 4 members (excludes halogenated alkanes) is 2. The number of ether oxygens (including phenoxy) is 2. The van der Waals surface area contributed by atoms with Gasteiger partial charge in [-0.3, -0.25) is 0 Å². The molecule has 47 heavy (non-hydrogen) atoms. The molecule has 10 heteroatoms. The average molecular weight is 657 g/mol. The molecule has 0 saturated carbocycles. The van der Waals surface area contributed by atoms with Crippen LogP contribution < -0.4 is 9.47 Å². The van der Waals surface area contributed by atoms with Gasteiger partial charge in [-0.1, -0.05) is 74.4 Å². The fraction of sp³-hybridized carbons (Fsp3) is 0.189. The molecule has 0 unspecified atom stereocenters. The Labute approximate surface area is 266 Å². The van der Waals surface area contributed by atoms with E-state index in [0.717, 1.165) is 73.7 Å². The number of rotatable bonds is 11. The first kappa shape index (κ1) is 33.5. The SMILES string of the molecule is CCCCCc1ccc(-c2ccc(C(F)(F)Oc3ccc(-c4ccc(-c5ccc(OC(F)(F)F)cc5)c(F)c4)c(F)c3)c(F)c2)cc1. The minimum Gasteiger partial charge on any atom is -0.429 e. The molecule has 0 aromatic heterocycles. The molecule has 0 amide bonds. The van der Waals surface area contributed by atoms with Crippen LogP contribution in [0.5, 0.6) is 11.5 Å². The molecule has 0 aliphatic heterocycles. The van der Waals surface area contributed by atoms with E-state index >= 15 is 13.2 Å². The van der Waals surface area contributed by atoms with Crippen molar-refractivity contribution < 1.29 is 44.6 Å². The van der Waals surface area contributed by atoms with E-state index in [-0.39, 0.29) is 22.3 Å². The lowest BCUT2D eigenvalue weighted by Crippen LogP contribution is -2.23. The van der Waals surface area contributed by atoms with Gasteiger partial charge in [-0.05, 0) is 83.1 Å². The topological polar surface area (TPSA) is 18.5 Å². The van der Waals surface area contributed by atoms with Gasteiger partial charge in [0.05, 0.1) is 5.56 Å². The van der Waals surface area contributed by atoms with Crippen molar-refractivity contribution in [1.29, 1.82) is 0 Å². The zero-order chi connectivity index (χ0) is 33.8. The maximum atomic E-state index is 15.1. The molecule has 0 aliphatic rings. The lowest BCUT2D eigenvalue weighted by Gasteiger charge is -2.20. The Morgan fingerprint density at radius 3 is 1.68 bits per heavy atom. The maximum Gasteiger partial charge on any atom is 0.573 e. The van der Waals surface area contributed by atoms with Crippen LogP contribution in [0.4, 0.5) is 35.1 Å². The van der Waals surface area contributed by atoms with Crippen LogP contribution in [0.2, 0.25) is 0 Å². The Bertz CT molecular complexity index is 1830. The van der Waals surface area contributed by atoms with E-state index in [1.165, 1.54) is 30.3 Å². The Morgan fingerprint density at radius 1 is 0.511 bits per heavy atom. The highest BCUT2D eigenvalue weighted by atomic mass is 19.4. The molecule has 0 bridgehead atoms. The summed E-state index contributed by atoms with van der Waals surface area (Å²) in [4.78, 5) is 0. The van der Waals surface area contributed by atoms with Gasteiger partial charge in [0.1, 0.15) is 29.0 Å². The zero-order valence-electron chi connectivity index (χ0n) is 25.0. The lowest BCUT2D eigenvalue weighted by atomic mass is 9.99. The molecule has 0 spiro atoms. The van der Waals surface area contributed by atoms with E-state index in [0.29, 0.717) is 17.2 Å². The predicted octanol–water partition coefficient (Wildman–Crippen LogP) is 11.9. The number of halogens is 8. The van der Waals surface area contributed by atoms with Crippen molar-refractivity contribution in [2.45, 2.75) is 45.1 Å². The summed E-state index contributed by atoms with van der Waals surface area (Å²) >= 11 is 0. The highest BCUT2D eigenvalue weighted by Gasteiger charge is 2.38. The molecule has 0 heterocycles. The van der Waals surface area contributed by atoms with Crippen LogP contribution >= 0.6 is 0 Å². The molecule has 0 radical (unpaired) electrons. The van der Waals surface area contributed by atoms with E-state index in [1.54, 1.807) is 0 Å². The molecule has 2 nitrogen and oxygen atoms in total. The van der Waals surface area contributed by atoms with Gasteiger partial charge in [0.2, 0.25) is 0 Å². The Balaban J connectivity index is 1.28. The highest BCUT2D eigenvalue weighted by Crippen LogP contribution is 2.37. The predicted molar refractivity (Wildman–Crippen MR) is 163 cm³/mol. The normalized spacial score (nSPS) is 11.9. The average Bonchev–Trinajstić information content (AvgIpc) is 3.01. The second kappa shape index (κ2) is 13.9. The van der Waals surface area contributed by atoms with Gasteiger partial charge in [0.15, 0.2) is 0 Å². The maximum absolute atomic E-state index is 15.1. The van der Waals surface area contributed by atoms with Crippen molar-refractivity contribution in [3.8, 4) is 44.9 Å². The van der Waals surface area contributed by atoms with Gasteiger partial charge in [0.25, 0.3) is 0 Å². The third-order valence-corrected chi connectivity index (χ3v) is 7.50. The van der Waals surface area contributed by atoms with Gasteiger partial charge < -0.3 is 9.47 Å². The first-order chi connectivity index (χ1) is 22.3. The van der Waals surface area contributed by atoms with Crippen LogP contribution in [-0.2, 0) is 12.5 Å². The molecular formula is C37H28F8O2. The molecule has 0 atom stereocenters. The standard InChI is InChI=1S/C37H28F8O2/c1-2-3-4-5-23-6-8-24(9-7-23)26-13-19-32(35(40)20-26)36(41,42)46-29-16-18-31(34(39)22-29)27-12-17-30(33(38)21-27)25-10-14-28(15-11-25)47-37(43,44)45/h6-22H,2-5H2,1H3. The van der Waals surface area contributed by atoms with Crippen molar-refractivity contribution in [3.05, 3.63) is 132 Å². The molecule has 0 saturated heterocycles. The fourth-order valence-electron chi connectivity index (χ4n) is 5.12. The summed E-state index contributed by atoms with van der Waals surface area (Å²) in [6, 6.07) is 21.8. The first-order valence-electron chi connectivity index (χ1n) is 14.7. The van der Waals surface area contributed by atoms with Gasteiger partial charge in [-0.25, -0.2) is 13.2 Å². The monoisotopic (exact) mass is 656 g/mol. The second-order valence-electron chi connectivity index (χ2n) is 10.9. The van der Waals surface area contributed by atoms with Crippen LogP contribution in [0, 0.1) is 17.5 Å². The van der Waals surface area contributed by atoms with Crippen LogP contribution in [0.25, 0.3) is 33.4 Å². The van der Waals surface area contributed by atoms with Crippen molar-refractivity contribution >= 4 is 0 Å². The zero-order valence-corrected chi connectivity index (χ0v) is 25.0. The minimum absolute atomic E-state index is 0.0276. The Kier molecular flexibility index (Phi) is 9.88. The summed E-state index contributed by atoms with van der Waals surface area (Å²) in [5.41, 5.74) is 1.37. The van der Waals surface area contributed by atoms with Crippen LogP contribution in [0.3, 0.4) is 0 Å². The van der Waals surface area contributed by atoms with Gasteiger partial charge in [0, 0.05) is 17.2 Å². The summed E-state index contributed by atoms with van der Waals surface area (Å²) in [6.45, 7) is 2.12.